The van der Waals surface area contributed by atoms with E-state index in [0.29, 0.717) is 22.3 Å². The zero-order chi connectivity index (χ0) is 90.7. The summed E-state index contributed by atoms with van der Waals surface area (Å²) in [6.45, 7) is 18.3. The summed E-state index contributed by atoms with van der Waals surface area (Å²) in [7, 11) is 4.08. The fraction of sp³-hybridized carbons (Fsp3) is 0.544. The Morgan fingerprint density at radius 2 is 1.00 bits per heavy atom. The van der Waals surface area contributed by atoms with Gasteiger partial charge in [0.15, 0.2) is 5.78 Å². The minimum absolute atomic E-state index is 0.0153. The molecule has 3 aromatic heterocycles. The monoisotopic (exact) mass is 1780 g/mol. The molecule has 670 valence electrons. The van der Waals surface area contributed by atoms with E-state index in [1.165, 1.54) is 27.1 Å². The fourth-order valence-electron chi connectivity index (χ4n) is 12.3. The highest BCUT2D eigenvalue weighted by Crippen LogP contribution is 2.28. The Hall–Kier alpha value is -10.8. The van der Waals surface area contributed by atoms with Crippen molar-refractivity contribution in [2.45, 2.75) is 213 Å². The molecule has 0 radical (unpaired) electrons. The highest BCUT2D eigenvalue weighted by Gasteiger charge is 2.38. The van der Waals surface area contributed by atoms with Crippen molar-refractivity contribution >= 4 is 166 Å². The molecule has 0 saturated heterocycles. The van der Waals surface area contributed by atoms with Crippen LogP contribution in [-0.2, 0) is 101 Å². The van der Waals surface area contributed by atoms with E-state index in [0.717, 1.165) is 59.5 Å². The summed E-state index contributed by atoms with van der Waals surface area (Å²) in [5.74, 6) is -15.6. The number of nitrogens with one attached hydrogen (secondary N) is 17. The van der Waals surface area contributed by atoms with Crippen LogP contribution >= 0.6 is 43.2 Å². The lowest BCUT2D eigenvalue weighted by atomic mass is 9.87. The predicted octanol–water partition coefficient (Wildman–Crippen LogP) is -0.118. The van der Waals surface area contributed by atoms with Crippen LogP contribution in [0.4, 0.5) is 0 Å². The third-order valence-corrected chi connectivity index (χ3v) is 23.5. The number of aliphatic hydroxyl groups is 1. The lowest BCUT2D eigenvalue weighted by Gasteiger charge is -2.28. The minimum Gasteiger partial charge on any atom is -0.481 e. The number of aliphatic carboxylic acids is 2. The number of aromatic amines is 3. The number of aliphatic hydroxyl groups excluding tert-OH is 1. The molecule has 0 spiro atoms. The van der Waals surface area contributed by atoms with Crippen molar-refractivity contribution in [2.24, 2.45) is 28.9 Å². The van der Waals surface area contributed by atoms with Crippen LogP contribution in [0.1, 0.15) is 132 Å². The molecule has 22 N–H and O–H groups in total. The standard InChI is InChI=1S/C79H115N19O20S4/c1-40(2)25-55(90-45(9)101)71(111)86-34-62(102)91-54(21-22-63(103)104)73(113)94-56(26-41(3)4)75(115)98-65(42(5)6)77(117)95-57(27-46-30-83-52-19-15-13-17-49(46)52)70(110)82-23-24-119-121-37-61(76(116)89-43(7)68(108)92-58(72(112)85-33-48-32-81-38-87-48)28-47-31-84-53-20-16-14-18-50(47)53)97-74(114)59(29-64(105)106)93-69(109)51(80)35-120-122-36-60(67(107)79(10,11)12)96-78(118)66(44(8)100)88-39-99/h13-20,30-32,38-44,51,54-61,65-66,83-84,100H,21-29,33-37,80H2,1-12H3,(H,81,87)(H,82,110)(H,85,112)(H,86,111)(H,88,99)(H,89,116)(H,90,101)(H,91,102)(H,92,108)(H,93,109)(H,94,113)(H,95,117)(H,96,118)(H,97,114)(H,98,115)(H,103,104)(H,105,106)/t43-,44+,51-,54-,55-,56-,57-,58-,59-,60-,61-,65?,66?/m0/s1. The van der Waals surface area contributed by atoms with Crippen LogP contribution in [-0.4, -0.2) is 251 Å². The van der Waals surface area contributed by atoms with Gasteiger partial charge in [-0.05, 0) is 74.1 Å². The van der Waals surface area contributed by atoms with E-state index in [1.807, 2.05) is 32.0 Å². The van der Waals surface area contributed by atoms with E-state index in [4.69, 9.17) is 5.73 Å². The molecule has 5 rings (SSSR count). The number of fused-ring (bicyclic) bond motifs is 2. The van der Waals surface area contributed by atoms with Crippen LogP contribution in [0.25, 0.3) is 21.8 Å². The summed E-state index contributed by atoms with van der Waals surface area (Å²) >= 11 is 0. The zero-order valence-electron chi connectivity index (χ0n) is 70.1. The molecule has 0 aliphatic heterocycles. The van der Waals surface area contributed by atoms with Crippen LogP contribution < -0.4 is 80.2 Å². The molecule has 14 amide bonds. The molecule has 2 aromatic carbocycles. The smallest absolute Gasteiger partial charge is 0.305 e. The number of H-pyrrole nitrogens is 3. The van der Waals surface area contributed by atoms with Gasteiger partial charge in [-0.15, -0.1) is 0 Å². The van der Waals surface area contributed by atoms with Gasteiger partial charge in [0.25, 0.3) is 0 Å². The fourth-order valence-corrected chi connectivity index (χ4v) is 16.6. The van der Waals surface area contributed by atoms with Gasteiger partial charge in [0, 0.05) is 102 Å². The number of carbonyl (C=O) groups is 17. The van der Waals surface area contributed by atoms with E-state index in [9.17, 15) is 96.8 Å². The number of Topliss-reactive ketones (excluding diaryl/α,β-unsaturated/α-hetero) is 1. The number of nitrogens with two attached hydrogens (primary N) is 1. The lowest BCUT2D eigenvalue weighted by Crippen LogP contribution is -2.60. The molecular weight excluding hydrogens is 1660 g/mol. The van der Waals surface area contributed by atoms with Gasteiger partial charge < -0.3 is 110 Å². The number of benzene rings is 2. The molecule has 43 heteroatoms. The van der Waals surface area contributed by atoms with Gasteiger partial charge in [0.1, 0.15) is 60.4 Å². The van der Waals surface area contributed by atoms with Crippen molar-refractivity contribution in [3.8, 4) is 0 Å². The van der Waals surface area contributed by atoms with E-state index < -0.39 is 210 Å². The first-order valence-electron chi connectivity index (χ1n) is 39.6. The summed E-state index contributed by atoms with van der Waals surface area (Å²) in [5.41, 5.74) is 8.55. The Kier molecular flexibility index (Phi) is 42.2. The summed E-state index contributed by atoms with van der Waals surface area (Å²) in [6.07, 6.45) is 3.28. The third-order valence-electron chi connectivity index (χ3n) is 18.7. The Labute approximate surface area is 721 Å². The number of nitrogens with zero attached hydrogens (tertiary/aromatic N) is 1. The molecule has 0 aliphatic rings. The van der Waals surface area contributed by atoms with Crippen molar-refractivity contribution in [3.63, 3.8) is 0 Å². The minimum atomic E-state index is -1.88. The Morgan fingerprint density at radius 3 is 1.54 bits per heavy atom. The second kappa shape index (κ2) is 50.6. The first kappa shape index (κ1) is 102. The number of imidazole rings is 1. The van der Waals surface area contributed by atoms with Crippen LogP contribution in [0.5, 0.6) is 0 Å². The van der Waals surface area contributed by atoms with Gasteiger partial charge in [-0.1, -0.05) is 142 Å². The van der Waals surface area contributed by atoms with Gasteiger partial charge in [-0.3, -0.25) is 81.5 Å². The topological polar surface area (TPSA) is 606 Å². The van der Waals surface area contributed by atoms with Crippen molar-refractivity contribution < 1.29 is 96.8 Å². The van der Waals surface area contributed by atoms with E-state index in [-0.39, 0.29) is 80.0 Å². The maximum absolute atomic E-state index is 14.7. The summed E-state index contributed by atoms with van der Waals surface area (Å²) in [4.78, 5) is 242. The van der Waals surface area contributed by atoms with Crippen molar-refractivity contribution in [1.82, 2.24) is 94.4 Å². The van der Waals surface area contributed by atoms with Crippen LogP contribution in [0.15, 0.2) is 73.4 Å². The van der Waals surface area contributed by atoms with Gasteiger partial charge >= 0.3 is 11.9 Å². The maximum Gasteiger partial charge on any atom is 0.305 e. The summed E-state index contributed by atoms with van der Waals surface area (Å²) in [6, 6.07) is -2.27. The number of para-hydroxylation sites is 2. The van der Waals surface area contributed by atoms with Crippen molar-refractivity contribution in [3.05, 3.63) is 90.3 Å². The Bertz CT molecular complexity index is 4420. The molecule has 5 aromatic rings. The van der Waals surface area contributed by atoms with Crippen LogP contribution in [0.2, 0.25) is 0 Å². The second-order valence-electron chi connectivity index (χ2n) is 31.3. The average Bonchev–Trinajstić information content (AvgIpc) is 1.66. The largest absolute Gasteiger partial charge is 0.481 e. The normalized spacial score (nSPS) is 14.7. The first-order chi connectivity index (χ1) is 57.6. The van der Waals surface area contributed by atoms with E-state index in [2.05, 4.69) is 94.4 Å². The molecular formula is C79H115N19O20S4. The highest BCUT2D eigenvalue weighted by atomic mass is 33.1. The average molecular weight is 1780 g/mol. The lowest BCUT2D eigenvalue weighted by molar-refractivity contribution is -0.141. The highest BCUT2D eigenvalue weighted by molar-refractivity contribution is 8.77. The second-order valence-corrected chi connectivity index (χ2v) is 36.5. The van der Waals surface area contributed by atoms with Gasteiger partial charge in [0.2, 0.25) is 83.2 Å². The number of carbonyl (C=O) groups excluding carboxylic acids is 15. The molecule has 0 fully saturated rings. The van der Waals surface area contributed by atoms with Crippen molar-refractivity contribution in [2.75, 3.05) is 36.1 Å². The number of hydrogen-bond acceptors (Lipinski definition) is 24. The Balaban J connectivity index is 1.35. The van der Waals surface area contributed by atoms with E-state index in [1.54, 1.807) is 97.4 Å². The summed E-state index contributed by atoms with van der Waals surface area (Å²) < 4.78 is 0. The SMILES string of the molecule is CC(=O)N[C@@H](CC(C)C)C(=O)NCC(=O)N[C@@H](CCC(=O)O)C(=O)N[C@@H](CC(C)C)C(=O)NC(C(=O)N[C@@H](Cc1c[nH]c2ccccc12)C(=O)NCCSSC[C@H](NC(=O)[C@H](CC(=O)O)NC(=O)[C@@H](N)CSSC[C@H](NC(=O)C(NC=O)[C@@H](C)O)C(=O)C(C)(C)C)C(=O)N[C@@H](C)C(=O)N[C@@H](Cc1c[nH]c2ccccc12)C(=O)NCc1c[nH]cn1)C(C)C. The molecule has 2 unspecified atom stereocenters. The molecule has 122 heavy (non-hydrogen) atoms. The summed E-state index contributed by atoms with van der Waals surface area (Å²) in [5, 5.41) is 67.3. The maximum atomic E-state index is 14.7. The zero-order valence-corrected chi connectivity index (χ0v) is 73.3. The third kappa shape index (κ3) is 34.6. The van der Waals surface area contributed by atoms with E-state index >= 15 is 0 Å². The van der Waals surface area contributed by atoms with Gasteiger partial charge in [-0.25, -0.2) is 4.98 Å². The number of carboxylic acids is 2. The number of aromatic nitrogens is 4. The molecule has 39 nitrogen and oxygen atoms in total. The predicted molar refractivity (Wildman–Crippen MR) is 461 cm³/mol. The number of hydrogen-bond donors (Lipinski definition) is 21. The Morgan fingerprint density at radius 1 is 0.508 bits per heavy atom. The quantitative estimate of drug-likeness (QED) is 0.0137. The first-order valence-corrected chi connectivity index (χ1v) is 44.5. The number of amides is 14. The molecule has 3 heterocycles. The number of rotatable bonds is 54. The van der Waals surface area contributed by atoms with Crippen molar-refractivity contribution in [1.29, 1.82) is 0 Å². The molecule has 13 atom stereocenters. The van der Waals surface area contributed by atoms with Crippen LogP contribution in [0.3, 0.4) is 0 Å². The van der Waals surface area contributed by atoms with Crippen LogP contribution in [0, 0.1) is 23.2 Å². The molecule has 0 saturated carbocycles. The number of ketones is 1. The molecule has 0 aliphatic carbocycles. The van der Waals surface area contributed by atoms with Gasteiger partial charge in [-0.2, -0.15) is 0 Å². The number of carboxylic acid groups (broad SMARTS) is 2. The van der Waals surface area contributed by atoms with Gasteiger partial charge in [0.05, 0.1) is 49.7 Å². The molecule has 0 bridgehead atoms.